The summed E-state index contributed by atoms with van der Waals surface area (Å²) in [7, 11) is 1.66. The average molecular weight is 436 g/mol. The van der Waals surface area contributed by atoms with Crippen LogP contribution in [0.3, 0.4) is 0 Å². The van der Waals surface area contributed by atoms with Crippen LogP contribution in [0.4, 0.5) is 0 Å². The highest BCUT2D eigenvalue weighted by molar-refractivity contribution is 6.03. The van der Waals surface area contributed by atoms with Crippen LogP contribution in [0.1, 0.15) is 50.3 Å². The second-order valence-electron chi connectivity index (χ2n) is 8.69. The van der Waals surface area contributed by atoms with Crippen LogP contribution >= 0.6 is 0 Å². The van der Waals surface area contributed by atoms with Crippen molar-refractivity contribution in [3.05, 3.63) is 59.7 Å². The number of rotatable bonds is 7. The molecule has 4 rings (SSSR count). The fraction of sp³-hybridized carbons (Fsp3) is 0.462. The molecule has 2 aliphatic heterocycles. The third-order valence-corrected chi connectivity index (χ3v) is 6.40. The van der Waals surface area contributed by atoms with Gasteiger partial charge in [-0.25, -0.2) is 5.01 Å². The Morgan fingerprint density at radius 1 is 1.03 bits per heavy atom. The summed E-state index contributed by atoms with van der Waals surface area (Å²) in [6.45, 7) is 7.26. The number of hydrogen-bond acceptors (Lipinski definition) is 5. The Hall–Kier alpha value is -2.86. The van der Waals surface area contributed by atoms with E-state index < -0.39 is 0 Å². The molecule has 2 aromatic carbocycles. The van der Waals surface area contributed by atoms with Gasteiger partial charge in [0.1, 0.15) is 11.5 Å². The van der Waals surface area contributed by atoms with Gasteiger partial charge in [-0.15, -0.1) is 0 Å². The van der Waals surface area contributed by atoms with Crippen LogP contribution in [0.2, 0.25) is 0 Å². The maximum Gasteiger partial charge on any atom is 0.257 e. The fourth-order valence-electron chi connectivity index (χ4n) is 4.39. The summed E-state index contributed by atoms with van der Waals surface area (Å²) in [6.07, 6.45) is 2.98. The molecule has 170 valence electrons. The number of likely N-dealkylation sites (tertiary alicyclic amines) is 1. The summed E-state index contributed by atoms with van der Waals surface area (Å²) in [5, 5.41) is 6.51. The molecule has 1 atom stereocenters. The molecule has 0 saturated carbocycles. The highest BCUT2D eigenvalue weighted by atomic mass is 16.5. The Kier molecular flexibility index (Phi) is 7.10. The second kappa shape index (κ2) is 10.2. The van der Waals surface area contributed by atoms with Gasteiger partial charge in [0.25, 0.3) is 5.91 Å². The lowest BCUT2D eigenvalue weighted by molar-refractivity contribution is -0.134. The topological polar surface area (TPSA) is 54.4 Å². The van der Waals surface area contributed by atoms with E-state index in [-0.39, 0.29) is 11.9 Å². The summed E-state index contributed by atoms with van der Waals surface area (Å²) in [5.41, 5.74) is 3.01. The van der Waals surface area contributed by atoms with Gasteiger partial charge in [0.05, 0.1) is 32.0 Å². The summed E-state index contributed by atoms with van der Waals surface area (Å²) in [5.74, 6) is 2.44. The van der Waals surface area contributed by atoms with Crippen LogP contribution in [-0.4, -0.2) is 54.9 Å². The van der Waals surface area contributed by atoms with Crippen molar-refractivity contribution in [2.75, 3.05) is 33.4 Å². The normalized spacial score (nSPS) is 19.7. The van der Waals surface area contributed by atoms with Gasteiger partial charge in [-0.1, -0.05) is 19.1 Å². The summed E-state index contributed by atoms with van der Waals surface area (Å²) < 4.78 is 10.9. The lowest BCUT2D eigenvalue weighted by Gasteiger charge is -2.31. The van der Waals surface area contributed by atoms with Crippen molar-refractivity contribution < 1.29 is 14.3 Å². The van der Waals surface area contributed by atoms with E-state index in [0.29, 0.717) is 19.6 Å². The fourth-order valence-corrected chi connectivity index (χ4v) is 4.39. The van der Waals surface area contributed by atoms with Gasteiger partial charge < -0.3 is 9.47 Å². The van der Waals surface area contributed by atoms with E-state index >= 15 is 0 Å². The third-order valence-electron chi connectivity index (χ3n) is 6.40. The smallest absolute Gasteiger partial charge is 0.257 e. The first-order valence-electron chi connectivity index (χ1n) is 11.6. The number of ether oxygens (including phenoxy) is 2. The lowest BCUT2D eigenvalue weighted by Crippen LogP contribution is -2.41. The predicted octanol–water partition coefficient (Wildman–Crippen LogP) is 4.50. The Bertz CT molecular complexity index is 932. The standard InChI is InChI=1S/C26H33N3O3/c1-4-32-23-11-7-21(8-12-23)25-17-24(20-5-9-22(31-3)10-6-20)27-29(25)26(30)18-28-15-13-19(2)14-16-28/h5-12,19,25H,4,13-18H2,1-3H3. The first kappa shape index (κ1) is 22.3. The van der Waals surface area contributed by atoms with Crippen molar-refractivity contribution in [1.29, 1.82) is 0 Å². The van der Waals surface area contributed by atoms with Crippen LogP contribution < -0.4 is 9.47 Å². The van der Waals surface area contributed by atoms with Crippen LogP contribution in [-0.2, 0) is 4.79 Å². The quantitative estimate of drug-likeness (QED) is 0.642. The lowest BCUT2D eigenvalue weighted by atomic mass is 9.98. The molecule has 2 aromatic rings. The molecule has 0 bridgehead atoms. The number of benzene rings is 2. The molecule has 2 heterocycles. The van der Waals surface area contributed by atoms with Gasteiger partial charge in [-0.3, -0.25) is 9.69 Å². The first-order chi connectivity index (χ1) is 15.6. The Morgan fingerprint density at radius 2 is 1.69 bits per heavy atom. The molecule has 32 heavy (non-hydrogen) atoms. The molecular weight excluding hydrogens is 402 g/mol. The molecule has 6 heteroatoms. The number of piperidine rings is 1. The molecule has 1 fully saturated rings. The second-order valence-corrected chi connectivity index (χ2v) is 8.69. The van der Waals surface area contributed by atoms with E-state index in [1.165, 1.54) is 0 Å². The zero-order valence-corrected chi connectivity index (χ0v) is 19.3. The predicted molar refractivity (Wildman–Crippen MR) is 126 cm³/mol. The molecule has 6 nitrogen and oxygen atoms in total. The van der Waals surface area contributed by atoms with Crippen molar-refractivity contribution in [2.45, 2.75) is 39.2 Å². The zero-order chi connectivity index (χ0) is 22.5. The molecule has 2 aliphatic rings. The average Bonchev–Trinajstić information content (AvgIpc) is 3.27. The zero-order valence-electron chi connectivity index (χ0n) is 19.3. The molecule has 1 unspecified atom stereocenters. The number of methoxy groups -OCH3 is 1. The minimum Gasteiger partial charge on any atom is -0.497 e. The molecule has 0 spiro atoms. The Morgan fingerprint density at radius 3 is 2.31 bits per heavy atom. The van der Waals surface area contributed by atoms with Gasteiger partial charge in [-0.05, 0) is 86.3 Å². The summed E-state index contributed by atoms with van der Waals surface area (Å²) in [6, 6.07) is 15.8. The van der Waals surface area contributed by atoms with E-state index in [9.17, 15) is 4.79 Å². The summed E-state index contributed by atoms with van der Waals surface area (Å²) in [4.78, 5) is 15.6. The van der Waals surface area contributed by atoms with Crippen LogP contribution in [0.5, 0.6) is 11.5 Å². The van der Waals surface area contributed by atoms with Crippen molar-refractivity contribution in [3.63, 3.8) is 0 Å². The van der Waals surface area contributed by atoms with Crippen LogP contribution in [0, 0.1) is 5.92 Å². The Balaban J connectivity index is 1.56. The van der Waals surface area contributed by atoms with Crippen molar-refractivity contribution in [2.24, 2.45) is 11.0 Å². The van der Waals surface area contributed by atoms with Crippen LogP contribution in [0.25, 0.3) is 0 Å². The number of nitrogens with zero attached hydrogens (tertiary/aromatic N) is 3. The van der Waals surface area contributed by atoms with E-state index in [0.717, 1.165) is 60.2 Å². The SMILES string of the molecule is CCOc1ccc(C2CC(c3ccc(OC)cc3)=NN2C(=O)CN2CCC(C)CC2)cc1. The Labute approximate surface area is 190 Å². The van der Waals surface area contributed by atoms with Crippen molar-refractivity contribution >= 4 is 11.6 Å². The third kappa shape index (κ3) is 5.13. The minimum atomic E-state index is -0.112. The monoisotopic (exact) mass is 435 g/mol. The van der Waals surface area contributed by atoms with Crippen molar-refractivity contribution in [3.8, 4) is 11.5 Å². The largest absolute Gasteiger partial charge is 0.497 e. The number of hydrazone groups is 1. The molecule has 0 aliphatic carbocycles. The highest BCUT2D eigenvalue weighted by Gasteiger charge is 2.34. The number of amides is 1. The highest BCUT2D eigenvalue weighted by Crippen LogP contribution is 2.34. The minimum absolute atomic E-state index is 0.0574. The first-order valence-corrected chi connectivity index (χ1v) is 11.6. The van der Waals surface area contributed by atoms with Crippen LogP contribution in [0.15, 0.2) is 53.6 Å². The molecule has 0 N–H and O–H groups in total. The molecule has 1 saturated heterocycles. The summed E-state index contributed by atoms with van der Waals surface area (Å²) >= 11 is 0. The van der Waals surface area contributed by atoms with Gasteiger partial charge >= 0.3 is 0 Å². The number of carbonyl (C=O) groups excluding carboxylic acids is 1. The van der Waals surface area contributed by atoms with E-state index in [1.54, 1.807) is 12.1 Å². The molecule has 0 radical (unpaired) electrons. The van der Waals surface area contributed by atoms with Crippen molar-refractivity contribution in [1.82, 2.24) is 9.91 Å². The molecular formula is C26H33N3O3. The van der Waals surface area contributed by atoms with Gasteiger partial charge in [0.15, 0.2) is 0 Å². The van der Waals surface area contributed by atoms with Gasteiger partial charge in [0, 0.05) is 6.42 Å². The number of hydrogen-bond donors (Lipinski definition) is 0. The molecule has 0 aromatic heterocycles. The maximum absolute atomic E-state index is 13.4. The van der Waals surface area contributed by atoms with Gasteiger partial charge in [0.2, 0.25) is 0 Å². The van der Waals surface area contributed by atoms with E-state index in [4.69, 9.17) is 14.6 Å². The van der Waals surface area contributed by atoms with Gasteiger partial charge in [-0.2, -0.15) is 5.10 Å². The van der Waals surface area contributed by atoms with E-state index in [2.05, 4.69) is 11.8 Å². The van der Waals surface area contributed by atoms with E-state index in [1.807, 2.05) is 55.5 Å². The maximum atomic E-state index is 13.4. The molecule has 1 amide bonds. The number of carbonyl (C=O) groups is 1.